The first-order chi connectivity index (χ1) is 12.0. The highest BCUT2D eigenvalue weighted by Crippen LogP contribution is 2.23. The lowest BCUT2D eigenvalue weighted by molar-refractivity contribution is -0.148. The Morgan fingerprint density at radius 1 is 1.36 bits per heavy atom. The zero-order valence-electron chi connectivity index (χ0n) is 13.9. The van der Waals surface area contributed by atoms with E-state index in [1.54, 1.807) is 18.2 Å². The summed E-state index contributed by atoms with van der Waals surface area (Å²) in [6, 6.07) is 5.74. The van der Waals surface area contributed by atoms with Crippen molar-refractivity contribution < 1.29 is 23.8 Å². The van der Waals surface area contributed by atoms with Crippen molar-refractivity contribution in [3.63, 3.8) is 0 Å². The summed E-state index contributed by atoms with van der Waals surface area (Å²) in [7, 11) is 0. The fourth-order valence-electron chi connectivity index (χ4n) is 3.14. The number of ether oxygens (including phenoxy) is 1. The van der Waals surface area contributed by atoms with Gasteiger partial charge in [-0.15, -0.1) is 0 Å². The minimum Gasteiger partial charge on any atom is -0.484 e. The molecule has 1 aliphatic heterocycles. The Morgan fingerprint density at radius 2 is 2.16 bits per heavy atom. The molecule has 7 heteroatoms. The van der Waals surface area contributed by atoms with E-state index in [4.69, 9.17) is 14.3 Å². The van der Waals surface area contributed by atoms with Crippen LogP contribution in [0, 0.1) is 0 Å². The number of carbonyl (C=O) groups is 2. The van der Waals surface area contributed by atoms with Gasteiger partial charge in [-0.05, 0) is 37.0 Å². The number of nitrogens with zero attached hydrogens (tertiary/aromatic N) is 1. The number of carboxylic acids is 1. The SMILES string of the molecule is CCc1cc(=O)oc2cc(OCC(=O)N3CCC[C@@H]3C(=O)O)ccc12. The molecule has 2 aromatic rings. The quantitative estimate of drug-likeness (QED) is 0.830. The van der Waals surface area contributed by atoms with Crippen molar-refractivity contribution in [2.75, 3.05) is 13.2 Å². The van der Waals surface area contributed by atoms with Gasteiger partial charge in [-0.3, -0.25) is 4.79 Å². The number of benzene rings is 1. The number of hydrogen-bond donors (Lipinski definition) is 1. The maximum absolute atomic E-state index is 12.2. The van der Waals surface area contributed by atoms with E-state index in [0.717, 1.165) is 10.9 Å². The smallest absolute Gasteiger partial charge is 0.336 e. The molecule has 25 heavy (non-hydrogen) atoms. The monoisotopic (exact) mass is 345 g/mol. The van der Waals surface area contributed by atoms with E-state index >= 15 is 0 Å². The fourth-order valence-corrected chi connectivity index (χ4v) is 3.14. The van der Waals surface area contributed by atoms with E-state index in [9.17, 15) is 14.4 Å². The van der Waals surface area contributed by atoms with Crippen LogP contribution in [0.2, 0.25) is 0 Å². The first-order valence-corrected chi connectivity index (χ1v) is 8.21. The zero-order chi connectivity index (χ0) is 18.0. The van der Waals surface area contributed by atoms with Crippen LogP contribution in [0.5, 0.6) is 5.75 Å². The van der Waals surface area contributed by atoms with Gasteiger partial charge in [0.1, 0.15) is 17.4 Å². The third kappa shape index (κ3) is 3.50. The summed E-state index contributed by atoms with van der Waals surface area (Å²) in [6.45, 7) is 2.12. The Labute approximate surface area is 143 Å². The van der Waals surface area contributed by atoms with Crippen LogP contribution in [-0.2, 0) is 16.0 Å². The molecule has 2 heterocycles. The fraction of sp³-hybridized carbons (Fsp3) is 0.389. The minimum absolute atomic E-state index is 0.257. The summed E-state index contributed by atoms with van der Waals surface area (Å²) in [4.78, 5) is 36.3. The second-order valence-electron chi connectivity index (χ2n) is 5.97. The summed E-state index contributed by atoms with van der Waals surface area (Å²) in [6.07, 6.45) is 1.83. The second kappa shape index (κ2) is 6.96. The Bertz CT molecular complexity index is 871. The van der Waals surface area contributed by atoms with Crippen LogP contribution in [0.1, 0.15) is 25.3 Å². The van der Waals surface area contributed by atoms with Crippen molar-refractivity contribution >= 4 is 22.8 Å². The number of aryl methyl sites for hydroxylation is 1. The number of likely N-dealkylation sites (tertiary alicyclic amines) is 1. The lowest BCUT2D eigenvalue weighted by Crippen LogP contribution is -2.42. The predicted molar refractivity (Wildman–Crippen MR) is 89.7 cm³/mol. The van der Waals surface area contributed by atoms with Crippen LogP contribution in [0.15, 0.2) is 33.5 Å². The average Bonchev–Trinajstić information content (AvgIpc) is 3.08. The molecule has 1 saturated heterocycles. The maximum atomic E-state index is 12.2. The molecule has 1 aromatic carbocycles. The van der Waals surface area contributed by atoms with Crippen LogP contribution in [0.25, 0.3) is 11.0 Å². The Hall–Kier alpha value is -2.83. The number of carboxylic acid groups (broad SMARTS) is 1. The topological polar surface area (TPSA) is 97.0 Å². The van der Waals surface area contributed by atoms with Crippen LogP contribution >= 0.6 is 0 Å². The van der Waals surface area contributed by atoms with Crippen molar-refractivity contribution in [3.8, 4) is 5.75 Å². The third-order valence-electron chi connectivity index (χ3n) is 4.40. The molecule has 7 nitrogen and oxygen atoms in total. The number of aliphatic carboxylic acids is 1. The van der Waals surface area contributed by atoms with Gasteiger partial charge in [-0.1, -0.05) is 6.92 Å². The summed E-state index contributed by atoms with van der Waals surface area (Å²) in [5.41, 5.74) is 0.855. The van der Waals surface area contributed by atoms with E-state index in [-0.39, 0.29) is 12.5 Å². The van der Waals surface area contributed by atoms with Crippen LogP contribution in [-0.4, -0.2) is 41.1 Å². The molecular weight excluding hydrogens is 326 g/mol. The summed E-state index contributed by atoms with van der Waals surface area (Å²) in [5, 5.41) is 9.96. The van der Waals surface area contributed by atoms with Gasteiger partial charge in [0.15, 0.2) is 6.61 Å². The molecule has 3 rings (SSSR count). The van der Waals surface area contributed by atoms with Crippen molar-refractivity contribution in [1.29, 1.82) is 0 Å². The molecule has 1 aliphatic rings. The van der Waals surface area contributed by atoms with E-state index in [1.165, 1.54) is 11.0 Å². The van der Waals surface area contributed by atoms with Gasteiger partial charge in [0, 0.05) is 24.1 Å². The molecule has 0 saturated carbocycles. The standard InChI is InChI=1S/C18H19NO6/c1-2-11-8-17(21)25-15-9-12(5-6-13(11)15)24-10-16(20)19-7-3-4-14(19)18(22)23/h5-6,8-9,14H,2-4,7,10H2,1H3,(H,22,23)/t14-/m1/s1. The van der Waals surface area contributed by atoms with Gasteiger partial charge >= 0.3 is 11.6 Å². The molecule has 1 atom stereocenters. The highest BCUT2D eigenvalue weighted by Gasteiger charge is 2.33. The van der Waals surface area contributed by atoms with Crippen LogP contribution in [0.3, 0.4) is 0 Å². The van der Waals surface area contributed by atoms with Gasteiger partial charge < -0.3 is 19.2 Å². The van der Waals surface area contributed by atoms with Crippen molar-refractivity contribution in [2.24, 2.45) is 0 Å². The minimum atomic E-state index is -0.995. The van der Waals surface area contributed by atoms with Crippen molar-refractivity contribution in [3.05, 3.63) is 40.2 Å². The lowest BCUT2D eigenvalue weighted by atomic mass is 10.1. The summed E-state index contributed by atoms with van der Waals surface area (Å²) < 4.78 is 10.7. The van der Waals surface area contributed by atoms with E-state index < -0.39 is 17.6 Å². The molecule has 1 N–H and O–H groups in total. The zero-order valence-corrected chi connectivity index (χ0v) is 13.9. The van der Waals surface area contributed by atoms with Crippen LogP contribution in [0.4, 0.5) is 0 Å². The summed E-state index contributed by atoms with van der Waals surface area (Å²) in [5.74, 6) is -0.970. The molecule has 1 aromatic heterocycles. The van der Waals surface area contributed by atoms with Gasteiger partial charge in [0.2, 0.25) is 0 Å². The Morgan fingerprint density at radius 3 is 2.88 bits per heavy atom. The maximum Gasteiger partial charge on any atom is 0.336 e. The van der Waals surface area contributed by atoms with E-state index in [2.05, 4.69) is 0 Å². The van der Waals surface area contributed by atoms with Gasteiger partial charge in [-0.2, -0.15) is 0 Å². The molecule has 1 fully saturated rings. The van der Waals surface area contributed by atoms with E-state index in [1.807, 2.05) is 6.92 Å². The number of amides is 1. The third-order valence-corrected chi connectivity index (χ3v) is 4.40. The first kappa shape index (κ1) is 17.0. The van der Waals surface area contributed by atoms with Gasteiger partial charge in [0.05, 0.1) is 0 Å². The van der Waals surface area contributed by atoms with Crippen molar-refractivity contribution in [1.82, 2.24) is 4.90 Å². The highest BCUT2D eigenvalue weighted by atomic mass is 16.5. The average molecular weight is 345 g/mol. The number of fused-ring (bicyclic) bond motifs is 1. The Balaban J connectivity index is 1.74. The molecule has 0 unspecified atom stereocenters. The molecule has 0 aliphatic carbocycles. The van der Waals surface area contributed by atoms with Crippen LogP contribution < -0.4 is 10.4 Å². The molecule has 1 amide bonds. The number of carbonyl (C=O) groups excluding carboxylic acids is 1. The lowest BCUT2D eigenvalue weighted by Gasteiger charge is -2.21. The van der Waals surface area contributed by atoms with Gasteiger partial charge in [-0.25, -0.2) is 9.59 Å². The normalized spacial score (nSPS) is 17.0. The number of rotatable bonds is 5. The molecule has 132 valence electrons. The summed E-state index contributed by atoms with van der Waals surface area (Å²) >= 11 is 0. The van der Waals surface area contributed by atoms with Crippen molar-refractivity contribution in [2.45, 2.75) is 32.2 Å². The largest absolute Gasteiger partial charge is 0.484 e. The highest BCUT2D eigenvalue weighted by molar-refractivity contribution is 5.85. The van der Waals surface area contributed by atoms with E-state index in [0.29, 0.717) is 37.1 Å². The molecule has 0 spiro atoms. The number of hydrogen-bond acceptors (Lipinski definition) is 5. The second-order valence-corrected chi connectivity index (χ2v) is 5.97. The molecule has 0 radical (unpaired) electrons. The Kier molecular flexibility index (Phi) is 4.74. The van der Waals surface area contributed by atoms with Gasteiger partial charge in [0.25, 0.3) is 5.91 Å². The predicted octanol–water partition coefficient (Wildman–Crippen LogP) is 1.81. The first-order valence-electron chi connectivity index (χ1n) is 8.21. The molecular formula is C18H19NO6. The molecule has 0 bridgehead atoms.